The molecule has 1 atom stereocenters. The molecule has 3 rings (SSSR count). The minimum atomic E-state index is -3.71. The van der Waals surface area contributed by atoms with E-state index in [0.717, 1.165) is 11.1 Å². The van der Waals surface area contributed by atoms with Crippen LogP contribution in [0.15, 0.2) is 77.7 Å². The summed E-state index contributed by atoms with van der Waals surface area (Å²) in [5.74, 6) is -0.385. The fourth-order valence-corrected chi connectivity index (χ4v) is 5.26. The Morgan fingerprint density at radius 2 is 1.60 bits per heavy atom. The summed E-state index contributed by atoms with van der Waals surface area (Å²) in [6.45, 7) is 4.13. The zero-order valence-corrected chi connectivity index (χ0v) is 20.8. The van der Waals surface area contributed by atoms with E-state index >= 15 is 0 Å². The van der Waals surface area contributed by atoms with Crippen LogP contribution in [0.3, 0.4) is 0 Å². The van der Waals surface area contributed by atoms with Crippen molar-refractivity contribution >= 4 is 21.6 Å². The molecule has 0 aliphatic heterocycles. The van der Waals surface area contributed by atoms with Crippen LogP contribution < -0.4 is 15.4 Å². The van der Waals surface area contributed by atoms with Crippen LogP contribution in [-0.4, -0.2) is 45.4 Å². The third kappa shape index (κ3) is 6.45. The Morgan fingerprint density at radius 1 is 0.971 bits per heavy atom. The summed E-state index contributed by atoms with van der Waals surface area (Å²) >= 11 is 0. The lowest BCUT2D eigenvalue weighted by atomic mass is 9.98. The number of hydrogen-bond donors (Lipinski definition) is 2. The molecule has 1 unspecified atom stereocenters. The molecule has 0 fully saturated rings. The lowest BCUT2D eigenvalue weighted by Crippen LogP contribution is -2.32. The monoisotopic (exact) mass is 499 g/mol. The van der Waals surface area contributed by atoms with Crippen LogP contribution in [0, 0.1) is 5.82 Å². The average molecular weight is 500 g/mol. The number of carbonyl (C=O) groups excluding carboxylic acids is 1. The zero-order valence-electron chi connectivity index (χ0n) is 20.0. The van der Waals surface area contributed by atoms with Crippen molar-refractivity contribution < 1.29 is 22.3 Å². The van der Waals surface area contributed by atoms with Gasteiger partial charge < -0.3 is 10.1 Å². The van der Waals surface area contributed by atoms with Crippen molar-refractivity contribution in [3.8, 4) is 5.75 Å². The highest BCUT2D eigenvalue weighted by molar-refractivity contribution is 7.89. The number of carbonyl (C=O) groups is 1. The number of nitrogens with one attached hydrogen (secondary N) is 2. The van der Waals surface area contributed by atoms with Crippen molar-refractivity contribution in [1.82, 2.24) is 9.62 Å². The quantitative estimate of drug-likeness (QED) is 0.413. The molecule has 2 N–H and O–H groups in total. The van der Waals surface area contributed by atoms with Gasteiger partial charge in [0.15, 0.2) is 0 Å². The lowest BCUT2D eigenvalue weighted by Gasteiger charge is -2.21. The Hall–Kier alpha value is -3.27. The first-order valence-corrected chi connectivity index (χ1v) is 12.8. The molecule has 0 radical (unpaired) electrons. The molecule has 0 spiro atoms. The summed E-state index contributed by atoms with van der Waals surface area (Å²) in [5, 5.41) is 5.96. The number of rotatable bonds is 11. The standard InChI is InChI=1S/C26H30FN3O4S/c1-4-30(5-2)35(32,33)22-15-16-24(34-3)23(17-22)29-25(31)18-28-26(19-9-7-6-8-10-19)20-11-13-21(27)14-12-20/h6-17,26,28H,4-5,18H2,1-3H3,(H,29,31). The molecule has 186 valence electrons. The first-order valence-electron chi connectivity index (χ1n) is 11.3. The smallest absolute Gasteiger partial charge is 0.243 e. The molecule has 35 heavy (non-hydrogen) atoms. The number of anilines is 1. The van der Waals surface area contributed by atoms with Crippen molar-refractivity contribution in [1.29, 1.82) is 0 Å². The molecule has 0 saturated carbocycles. The Labute approximate surface area is 206 Å². The molecule has 3 aromatic rings. The predicted octanol–water partition coefficient (Wildman–Crippen LogP) is 4.18. The molecular formula is C26H30FN3O4S. The summed E-state index contributed by atoms with van der Waals surface area (Å²) in [7, 11) is -2.26. The van der Waals surface area contributed by atoms with Crippen molar-refractivity contribution in [2.45, 2.75) is 24.8 Å². The second kappa shape index (κ2) is 11.9. The molecule has 1 amide bonds. The molecule has 3 aromatic carbocycles. The highest BCUT2D eigenvalue weighted by Crippen LogP contribution is 2.29. The van der Waals surface area contributed by atoms with Crippen molar-refractivity contribution in [3.63, 3.8) is 0 Å². The number of nitrogens with zero attached hydrogens (tertiary/aromatic N) is 1. The van der Waals surface area contributed by atoms with Crippen LogP contribution in [0.5, 0.6) is 5.75 Å². The first kappa shape index (κ1) is 26.3. The van der Waals surface area contributed by atoms with Crippen LogP contribution in [0.1, 0.15) is 31.0 Å². The lowest BCUT2D eigenvalue weighted by molar-refractivity contribution is -0.115. The highest BCUT2D eigenvalue weighted by atomic mass is 32.2. The second-order valence-electron chi connectivity index (χ2n) is 7.78. The van der Waals surface area contributed by atoms with Gasteiger partial charge in [-0.05, 0) is 41.5 Å². The van der Waals surface area contributed by atoms with Crippen molar-refractivity contribution in [3.05, 3.63) is 89.7 Å². The maximum Gasteiger partial charge on any atom is 0.243 e. The van der Waals surface area contributed by atoms with Crippen LogP contribution in [0.4, 0.5) is 10.1 Å². The first-order chi connectivity index (χ1) is 16.8. The van der Waals surface area contributed by atoms with Crippen LogP contribution >= 0.6 is 0 Å². The summed E-state index contributed by atoms with van der Waals surface area (Å²) in [5.41, 5.74) is 1.97. The summed E-state index contributed by atoms with van der Waals surface area (Å²) in [6, 6.07) is 19.6. The highest BCUT2D eigenvalue weighted by Gasteiger charge is 2.23. The third-order valence-electron chi connectivity index (χ3n) is 5.59. The van der Waals surface area contributed by atoms with E-state index < -0.39 is 10.0 Å². The van der Waals surface area contributed by atoms with E-state index in [9.17, 15) is 17.6 Å². The molecule has 0 heterocycles. The largest absolute Gasteiger partial charge is 0.495 e. The molecule has 0 aliphatic rings. The maximum absolute atomic E-state index is 13.4. The van der Waals surface area contributed by atoms with Gasteiger partial charge in [-0.2, -0.15) is 4.31 Å². The normalized spacial score (nSPS) is 12.4. The number of methoxy groups -OCH3 is 1. The van der Waals surface area contributed by atoms with Crippen LogP contribution in [0.25, 0.3) is 0 Å². The zero-order chi connectivity index (χ0) is 25.4. The van der Waals surface area contributed by atoms with Crippen LogP contribution in [0.2, 0.25) is 0 Å². The topological polar surface area (TPSA) is 87.7 Å². The second-order valence-corrected chi connectivity index (χ2v) is 9.71. The van der Waals surface area contributed by atoms with E-state index in [1.165, 1.54) is 41.7 Å². The maximum atomic E-state index is 13.4. The van der Waals surface area contributed by atoms with Gasteiger partial charge in [0.25, 0.3) is 0 Å². The van der Waals surface area contributed by atoms with Gasteiger partial charge in [0, 0.05) is 13.1 Å². The fourth-order valence-electron chi connectivity index (χ4n) is 3.78. The third-order valence-corrected chi connectivity index (χ3v) is 7.64. The molecule has 0 bridgehead atoms. The van der Waals surface area contributed by atoms with Gasteiger partial charge in [-0.25, -0.2) is 12.8 Å². The number of benzene rings is 3. The van der Waals surface area contributed by atoms with Gasteiger partial charge in [0.2, 0.25) is 15.9 Å². The van der Waals surface area contributed by atoms with Gasteiger partial charge in [-0.1, -0.05) is 56.3 Å². The van der Waals surface area contributed by atoms with Crippen molar-refractivity contribution in [2.24, 2.45) is 0 Å². The molecule has 0 aliphatic carbocycles. The van der Waals surface area contributed by atoms with Gasteiger partial charge in [-0.3, -0.25) is 10.1 Å². The van der Waals surface area contributed by atoms with E-state index in [2.05, 4.69) is 10.6 Å². The van der Waals surface area contributed by atoms with E-state index in [1.54, 1.807) is 26.0 Å². The van der Waals surface area contributed by atoms with E-state index in [4.69, 9.17) is 4.74 Å². The predicted molar refractivity (Wildman–Crippen MR) is 134 cm³/mol. The fraction of sp³-hybridized carbons (Fsp3) is 0.269. The van der Waals surface area contributed by atoms with E-state index in [-0.39, 0.29) is 34.9 Å². The molecular weight excluding hydrogens is 469 g/mol. The number of halogens is 1. The molecule has 0 aromatic heterocycles. The van der Waals surface area contributed by atoms with Gasteiger partial charge >= 0.3 is 0 Å². The Kier molecular flexibility index (Phi) is 8.97. The number of ether oxygens (including phenoxy) is 1. The molecule has 9 heteroatoms. The minimum absolute atomic E-state index is 0.0683. The Balaban J connectivity index is 1.80. The van der Waals surface area contributed by atoms with E-state index in [0.29, 0.717) is 18.8 Å². The number of hydrogen-bond acceptors (Lipinski definition) is 5. The molecule has 0 saturated heterocycles. The van der Waals surface area contributed by atoms with Gasteiger partial charge in [-0.15, -0.1) is 0 Å². The SMILES string of the molecule is CCN(CC)S(=O)(=O)c1ccc(OC)c(NC(=O)CNC(c2ccccc2)c2ccc(F)cc2)c1. The summed E-state index contributed by atoms with van der Waals surface area (Å²) in [6.07, 6.45) is 0. The van der Waals surface area contributed by atoms with Gasteiger partial charge in [0.05, 0.1) is 30.3 Å². The summed E-state index contributed by atoms with van der Waals surface area (Å²) < 4.78 is 46.0. The average Bonchev–Trinajstić information content (AvgIpc) is 2.86. The minimum Gasteiger partial charge on any atom is -0.495 e. The Morgan fingerprint density at radius 3 is 2.20 bits per heavy atom. The van der Waals surface area contributed by atoms with Crippen LogP contribution in [-0.2, 0) is 14.8 Å². The number of amides is 1. The van der Waals surface area contributed by atoms with Gasteiger partial charge in [0.1, 0.15) is 11.6 Å². The molecule has 7 nitrogen and oxygen atoms in total. The van der Waals surface area contributed by atoms with E-state index in [1.807, 2.05) is 30.3 Å². The number of sulfonamides is 1. The van der Waals surface area contributed by atoms with Crippen molar-refractivity contribution in [2.75, 3.05) is 32.1 Å². The summed E-state index contributed by atoms with van der Waals surface area (Å²) in [4.78, 5) is 12.9. The Bertz CT molecular complexity index is 1230.